The number of hydrogen-bond acceptors (Lipinski definition) is 4. The number of rotatable bonds is 6. The number of hydrogen-bond donors (Lipinski definition) is 0. The lowest BCUT2D eigenvalue weighted by Crippen LogP contribution is -2.10. The Morgan fingerprint density at radius 1 is 0.283 bits per heavy atom. The predicted octanol–water partition coefficient (Wildman–Crippen LogP) is 16.6. The molecule has 0 unspecified atom stereocenters. The van der Waals surface area contributed by atoms with E-state index in [9.17, 15) is 0 Å². The van der Waals surface area contributed by atoms with E-state index in [1.54, 1.807) is 0 Å². The summed E-state index contributed by atoms with van der Waals surface area (Å²) in [5.74, 6) is 0. The van der Waals surface area contributed by atoms with Crippen LogP contribution >= 0.6 is 0 Å². The Balaban J connectivity index is 1.04. The van der Waals surface area contributed by atoms with Crippen LogP contribution in [0.2, 0.25) is 0 Å². The molecule has 2 heterocycles. The summed E-state index contributed by atoms with van der Waals surface area (Å²) in [6.07, 6.45) is 0. The number of fused-ring (bicyclic) bond motifs is 11. The van der Waals surface area contributed by atoms with E-state index >= 15 is 0 Å². The number of anilines is 6. The van der Waals surface area contributed by atoms with Gasteiger partial charge in [0.05, 0.1) is 5.39 Å². The van der Waals surface area contributed by atoms with E-state index < -0.39 is 0 Å². The van der Waals surface area contributed by atoms with Crippen molar-refractivity contribution in [2.24, 2.45) is 0 Å². The van der Waals surface area contributed by atoms with Crippen LogP contribution in [0.25, 0.3) is 65.4 Å². The molecule has 9 aromatic carbocycles. The first-order valence-corrected chi connectivity index (χ1v) is 20.7. The molecule has 0 fully saturated rings. The minimum atomic E-state index is 0.818. The summed E-state index contributed by atoms with van der Waals surface area (Å²) >= 11 is 0. The van der Waals surface area contributed by atoms with Crippen molar-refractivity contribution in [3.05, 3.63) is 191 Å². The van der Waals surface area contributed by atoms with Gasteiger partial charge in [-0.2, -0.15) is 0 Å². The zero-order valence-corrected chi connectivity index (χ0v) is 34.7. The van der Waals surface area contributed by atoms with Crippen LogP contribution < -0.4 is 9.80 Å². The monoisotopic (exact) mass is 776 g/mol. The summed E-state index contributed by atoms with van der Waals surface area (Å²) in [6, 6.07) is 57.5. The Morgan fingerprint density at radius 2 is 0.683 bits per heavy atom. The van der Waals surface area contributed by atoms with Crippen molar-refractivity contribution in [2.45, 2.75) is 41.5 Å². The first-order valence-electron chi connectivity index (χ1n) is 20.7. The zero-order chi connectivity index (χ0) is 40.8. The fourth-order valence-corrected chi connectivity index (χ4v) is 9.36. The third kappa shape index (κ3) is 5.90. The first-order chi connectivity index (χ1) is 29.1. The van der Waals surface area contributed by atoms with Crippen molar-refractivity contribution in [3.63, 3.8) is 0 Å². The van der Waals surface area contributed by atoms with Crippen LogP contribution in [0.4, 0.5) is 34.1 Å². The van der Waals surface area contributed by atoms with E-state index in [0.29, 0.717) is 0 Å². The van der Waals surface area contributed by atoms with Gasteiger partial charge >= 0.3 is 0 Å². The molecule has 0 aliphatic heterocycles. The van der Waals surface area contributed by atoms with Crippen LogP contribution in [0.1, 0.15) is 33.4 Å². The van der Waals surface area contributed by atoms with Gasteiger partial charge in [0.25, 0.3) is 0 Å². The Kier molecular flexibility index (Phi) is 8.15. The third-order valence-corrected chi connectivity index (χ3v) is 12.0. The van der Waals surface area contributed by atoms with Crippen molar-refractivity contribution < 1.29 is 8.83 Å². The molecule has 0 radical (unpaired) electrons. The van der Waals surface area contributed by atoms with Gasteiger partial charge in [-0.05, 0) is 184 Å². The highest BCUT2D eigenvalue weighted by atomic mass is 16.3. The molecule has 0 aliphatic rings. The largest absolute Gasteiger partial charge is 0.455 e. The SMILES string of the molecule is Cc1ccc(N(c2cc(C)cc(C)c2)c2ccc3c(ccc4c5ccc6oc7c8ccc(N(c9ccc(C)cc9)c9cc(C)cc(C)c9)cc8ccc7c6c5oc34)c2)cc1. The molecule has 0 N–H and O–H groups in total. The zero-order valence-electron chi connectivity index (χ0n) is 34.7. The van der Waals surface area contributed by atoms with Crippen LogP contribution in [0.15, 0.2) is 167 Å². The molecule has 0 amide bonds. The van der Waals surface area contributed by atoms with Crippen molar-refractivity contribution in [2.75, 3.05) is 9.80 Å². The summed E-state index contributed by atoms with van der Waals surface area (Å²) in [7, 11) is 0. The van der Waals surface area contributed by atoms with Gasteiger partial charge in [-0.3, -0.25) is 0 Å². The lowest BCUT2D eigenvalue weighted by atomic mass is 10.0. The molecular formula is C56H44N2O2. The fourth-order valence-electron chi connectivity index (χ4n) is 9.36. The number of aryl methyl sites for hydroxylation is 6. The lowest BCUT2D eigenvalue weighted by molar-refractivity contribution is 0.666. The second-order valence-corrected chi connectivity index (χ2v) is 16.7. The van der Waals surface area contributed by atoms with Crippen molar-refractivity contribution in [1.82, 2.24) is 0 Å². The van der Waals surface area contributed by atoms with Gasteiger partial charge < -0.3 is 18.6 Å². The fraction of sp³-hybridized carbons (Fsp3) is 0.107. The summed E-state index contributed by atoms with van der Waals surface area (Å²) < 4.78 is 13.7. The minimum absolute atomic E-state index is 0.818. The van der Waals surface area contributed by atoms with Gasteiger partial charge in [0.1, 0.15) is 22.3 Å². The molecule has 0 saturated heterocycles. The van der Waals surface area contributed by atoms with E-state index in [4.69, 9.17) is 8.83 Å². The molecule has 0 aliphatic carbocycles. The normalized spacial score (nSPS) is 11.8. The summed E-state index contributed by atoms with van der Waals surface area (Å²) in [6.45, 7) is 12.9. The summed E-state index contributed by atoms with van der Waals surface area (Å²) in [4.78, 5) is 4.69. The van der Waals surface area contributed by atoms with Crippen LogP contribution in [0.5, 0.6) is 0 Å². The van der Waals surface area contributed by atoms with E-state index in [1.807, 2.05) is 0 Å². The average Bonchev–Trinajstić information content (AvgIpc) is 3.81. The predicted molar refractivity (Wildman–Crippen MR) is 254 cm³/mol. The topological polar surface area (TPSA) is 32.8 Å². The maximum Gasteiger partial charge on any atom is 0.147 e. The molecule has 0 bridgehead atoms. The van der Waals surface area contributed by atoms with Gasteiger partial charge in [0.2, 0.25) is 0 Å². The third-order valence-electron chi connectivity index (χ3n) is 12.0. The van der Waals surface area contributed by atoms with Crippen molar-refractivity contribution in [3.8, 4) is 0 Å². The molecule has 0 atom stereocenters. The highest BCUT2D eigenvalue weighted by Gasteiger charge is 2.21. The number of furan rings is 2. The molecule has 0 saturated carbocycles. The van der Waals surface area contributed by atoms with Crippen LogP contribution in [0, 0.1) is 41.5 Å². The standard InChI is InChI=1S/C56H44N2O2/c1-33-7-13-41(14-8-33)57(45-27-35(3)25-36(4)28-45)43-17-21-47-39(31-43)11-19-49-50-23-24-52-53(56(50)60-54(47)49)51-20-12-40-32-44(18-22-48(40)55(51)59-52)58(42-15-9-34(2)10-16-42)46-29-37(5)26-38(6)30-46/h7-32H,1-6H3. The molecule has 4 heteroatoms. The molecule has 11 rings (SSSR count). The lowest BCUT2D eigenvalue weighted by Gasteiger charge is -2.26. The van der Waals surface area contributed by atoms with Crippen LogP contribution in [-0.2, 0) is 0 Å². The van der Waals surface area contributed by atoms with Gasteiger partial charge in [0.15, 0.2) is 0 Å². The Labute approximate surface area is 349 Å². The molecule has 11 aromatic rings. The van der Waals surface area contributed by atoms with Gasteiger partial charge in [-0.15, -0.1) is 0 Å². The molecule has 290 valence electrons. The Morgan fingerprint density at radius 3 is 1.18 bits per heavy atom. The molecule has 4 nitrogen and oxygen atoms in total. The number of nitrogens with zero attached hydrogens (tertiary/aromatic N) is 2. The van der Waals surface area contributed by atoms with Gasteiger partial charge in [-0.1, -0.05) is 59.7 Å². The van der Waals surface area contributed by atoms with E-state index in [1.165, 1.54) is 33.4 Å². The van der Waals surface area contributed by atoms with Crippen LogP contribution in [0.3, 0.4) is 0 Å². The highest BCUT2D eigenvalue weighted by Crippen LogP contribution is 2.45. The van der Waals surface area contributed by atoms with E-state index in [2.05, 4.69) is 209 Å². The smallest absolute Gasteiger partial charge is 0.147 e. The van der Waals surface area contributed by atoms with Gasteiger partial charge in [0, 0.05) is 61.1 Å². The quantitative estimate of drug-likeness (QED) is 0.168. The van der Waals surface area contributed by atoms with Crippen molar-refractivity contribution in [1.29, 1.82) is 0 Å². The first kappa shape index (κ1) is 35.8. The van der Waals surface area contributed by atoms with Gasteiger partial charge in [-0.25, -0.2) is 0 Å². The summed E-state index contributed by atoms with van der Waals surface area (Å²) in [5, 5.41) is 8.62. The van der Waals surface area contributed by atoms with E-state index in [0.717, 1.165) is 99.5 Å². The second kappa shape index (κ2) is 13.6. The molecule has 60 heavy (non-hydrogen) atoms. The Bertz CT molecular complexity index is 3460. The summed E-state index contributed by atoms with van der Waals surface area (Å²) in [5.41, 5.74) is 17.6. The maximum absolute atomic E-state index is 6.97. The van der Waals surface area contributed by atoms with E-state index in [-0.39, 0.29) is 0 Å². The number of benzene rings is 9. The molecule has 2 aromatic heterocycles. The molecule has 0 spiro atoms. The maximum atomic E-state index is 6.97. The average molecular weight is 777 g/mol. The second-order valence-electron chi connectivity index (χ2n) is 16.7. The highest BCUT2D eigenvalue weighted by molar-refractivity contribution is 6.27. The van der Waals surface area contributed by atoms with Crippen molar-refractivity contribution >= 4 is 99.5 Å². The van der Waals surface area contributed by atoms with Crippen LogP contribution in [-0.4, -0.2) is 0 Å². The molecular weight excluding hydrogens is 733 g/mol. The minimum Gasteiger partial charge on any atom is -0.455 e. The Hall–Kier alpha value is -7.30.